The Morgan fingerprint density at radius 1 is 1.12 bits per heavy atom. The van der Waals surface area contributed by atoms with Crippen LogP contribution < -0.4 is 0 Å². The van der Waals surface area contributed by atoms with Crippen molar-refractivity contribution in [3.63, 3.8) is 0 Å². The van der Waals surface area contributed by atoms with Gasteiger partial charge in [-0.05, 0) is 24.7 Å². The maximum Gasteiger partial charge on any atom is 0.233 e. The monoisotopic (exact) mass is 370 g/mol. The minimum Gasteiger partial charge on any atom is -0.342 e. The van der Waals surface area contributed by atoms with Gasteiger partial charge in [0.25, 0.3) is 0 Å². The van der Waals surface area contributed by atoms with E-state index in [1.807, 2.05) is 41.9 Å². The van der Waals surface area contributed by atoms with Gasteiger partial charge in [0.1, 0.15) is 0 Å². The second-order valence-electron chi connectivity index (χ2n) is 7.45. The largest absolute Gasteiger partial charge is 0.342 e. The van der Waals surface area contributed by atoms with Crippen LogP contribution >= 0.6 is 11.8 Å². The van der Waals surface area contributed by atoms with Crippen molar-refractivity contribution in [1.82, 2.24) is 19.7 Å². The molecule has 26 heavy (non-hydrogen) atoms. The third-order valence-corrected chi connectivity index (χ3v) is 6.84. The Labute approximate surface area is 159 Å². The summed E-state index contributed by atoms with van der Waals surface area (Å²) in [5, 5.41) is 9.37. The number of thioether (sulfide) groups is 1. The summed E-state index contributed by atoms with van der Waals surface area (Å²) in [4.78, 5) is 14.8. The lowest BCUT2D eigenvalue weighted by Gasteiger charge is -2.41. The number of carbonyl (C=O) groups is 1. The van der Waals surface area contributed by atoms with E-state index >= 15 is 0 Å². The molecular weight excluding hydrogens is 344 g/mol. The van der Waals surface area contributed by atoms with Gasteiger partial charge in [0.15, 0.2) is 11.0 Å². The molecule has 5 nitrogen and oxygen atoms in total. The van der Waals surface area contributed by atoms with Gasteiger partial charge in [0.05, 0.1) is 5.75 Å². The third-order valence-electron chi connectivity index (χ3n) is 5.84. The van der Waals surface area contributed by atoms with Crippen molar-refractivity contribution < 1.29 is 4.79 Å². The first-order chi connectivity index (χ1) is 12.7. The van der Waals surface area contributed by atoms with E-state index in [1.54, 1.807) is 0 Å². The normalized spacial score (nSPS) is 22.9. The Morgan fingerprint density at radius 3 is 2.69 bits per heavy atom. The molecule has 2 aromatic rings. The first-order valence-corrected chi connectivity index (χ1v) is 10.6. The third kappa shape index (κ3) is 3.65. The minimum absolute atomic E-state index is 0.239. The van der Waals surface area contributed by atoms with E-state index in [1.165, 1.54) is 43.9 Å². The zero-order valence-electron chi connectivity index (χ0n) is 15.3. The van der Waals surface area contributed by atoms with Crippen LogP contribution in [0.2, 0.25) is 0 Å². The number of amides is 1. The Bertz CT molecular complexity index is 760. The molecule has 1 saturated carbocycles. The van der Waals surface area contributed by atoms with Gasteiger partial charge in [0.2, 0.25) is 5.91 Å². The van der Waals surface area contributed by atoms with Crippen molar-refractivity contribution in [2.24, 2.45) is 18.9 Å². The molecule has 1 aromatic heterocycles. The lowest BCUT2D eigenvalue weighted by Crippen LogP contribution is -2.45. The van der Waals surface area contributed by atoms with Crippen molar-refractivity contribution in [3.05, 3.63) is 30.3 Å². The zero-order chi connectivity index (χ0) is 17.9. The van der Waals surface area contributed by atoms with Crippen molar-refractivity contribution >= 4 is 17.7 Å². The van der Waals surface area contributed by atoms with E-state index in [0.717, 1.165) is 41.5 Å². The van der Waals surface area contributed by atoms with Crippen molar-refractivity contribution in [3.8, 4) is 11.4 Å². The number of piperidine rings is 1. The fraction of sp³-hybridized carbons (Fsp3) is 0.550. The molecule has 1 aliphatic carbocycles. The molecule has 2 aliphatic rings. The van der Waals surface area contributed by atoms with E-state index in [-0.39, 0.29) is 5.91 Å². The fourth-order valence-electron chi connectivity index (χ4n) is 4.32. The summed E-state index contributed by atoms with van der Waals surface area (Å²) in [6.07, 6.45) is 6.55. The number of hydrogen-bond donors (Lipinski definition) is 0. The van der Waals surface area contributed by atoms with Gasteiger partial charge in [0, 0.05) is 25.7 Å². The van der Waals surface area contributed by atoms with E-state index in [4.69, 9.17) is 0 Å². The molecule has 0 N–H and O–H groups in total. The quantitative estimate of drug-likeness (QED) is 0.772. The highest BCUT2D eigenvalue weighted by Gasteiger charge is 2.32. The summed E-state index contributed by atoms with van der Waals surface area (Å²) >= 11 is 1.49. The van der Waals surface area contributed by atoms with Crippen molar-refractivity contribution in [1.29, 1.82) is 0 Å². The lowest BCUT2D eigenvalue weighted by molar-refractivity contribution is -0.131. The second kappa shape index (κ2) is 7.82. The highest BCUT2D eigenvalue weighted by atomic mass is 32.2. The summed E-state index contributed by atoms with van der Waals surface area (Å²) in [5.74, 6) is 3.10. The van der Waals surface area contributed by atoms with Gasteiger partial charge in [-0.25, -0.2) is 0 Å². The van der Waals surface area contributed by atoms with Gasteiger partial charge in [-0.3, -0.25) is 4.79 Å². The Morgan fingerprint density at radius 2 is 1.88 bits per heavy atom. The fourth-order valence-corrected chi connectivity index (χ4v) is 5.14. The summed E-state index contributed by atoms with van der Waals surface area (Å²) in [7, 11) is 1.96. The van der Waals surface area contributed by atoms with Crippen LogP contribution in [-0.2, 0) is 11.8 Å². The minimum atomic E-state index is 0.239. The average Bonchev–Trinajstić information content (AvgIpc) is 3.07. The van der Waals surface area contributed by atoms with Crippen LogP contribution in [0, 0.1) is 11.8 Å². The Balaban J connectivity index is 1.36. The van der Waals surface area contributed by atoms with E-state index in [9.17, 15) is 4.79 Å². The van der Waals surface area contributed by atoms with Gasteiger partial charge < -0.3 is 9.47 Å². The number of likely N-dealkylation sites (tertiary alicyclic amines) is 1. The molecular formula is C20H26N4OS. The zero-order valence-corrected chi connectivity index (χ0v) is 16.1. The van der Waals surface area contributed by atoms with E-state index in [0.29, 0.717) is 5.75 Å². The van der Waals surface area contributed by atoms with Crippen molar-refractivity contribution in [2.45, 2.75) is 37.3 Å². The molecule has 0 spiro atoms. The van der Waals surface area contributed by atoms with E-state index < -0.39 is 0 Å². The number of benzene rings is 1. The second-order valence-corrected chi connectivity index (χ2v) is 8.40. The molecule has 2 fully saturated rings. The van der Waals surface area contributed by atoms with Crippen LogP contribution in [0.1, 0.15) is 32.1 Å². The summed E-state index contributed by atoms with van der Waals surface area (Å²) in [6.45, 7) is 1.88. The molecule has 1 amide bonds. The number of aromatic nitrogens is 3. The SMILES string of the molecule is Cn1c(SCC(=O)N2CC[C@H]3CCCC[C@H]3C2)nnc1-c1ccccc1. The number of nitrogens with zero attached hydrogens (tertiary/aromatic N) is 4. The summed E-state index contributed by atoms with van der Waals surface area (Å²) < 4.78 is 1.97. The highest BCUT2D eigenvalue weighted by Crippen LogP contribution is 2.36. The highest BCUT2D eigenvalue weighted by molar-refractivity contribution is 7.99. The molecule has 138 valence electrons. The molecule has 0 bridgehead atoms. The molecule has 0 unspecified atom stereocenters. The number of hydrogen-bond acceptors (Lipinski definition) is 4. The van der Waals surface area contributed by atoms with Crippen molar-refractivity contribution in [2.75, 3.05) is 18.8 Å². The summed E-state index contributed by atoms with van der Waals surface area (Å²) in [5.41, 5.74) is 1.04. The molecule has 1 aliphatic heterocycles. The molecule has 4 rings (SSSR count). The number of fused-ring (bicyclic) bond motifs is 1. The predicted molar refractivity (Wildman–Crippen MR) is 104 cm³/mol. The van der Waals surface area contributed by atoms with Crippen LogP contribution in [0.15, 0.2) is 35.5 Å². The summed E-state index contributed by atoms with van der Waals surface area (Å²) in [6, 6.07) is 10.0. The molecule has 1 saturated heterocycles. The maximum absolute atomic E-state index is 12.7. The topological polar surface area (TPSA) is 51.0 Å². The standard InChI is InChI=1S/C20H26N4OS/c1-23-19(16-8-3-2-4-9-16)21-22-20(23)26-14-18(25)24-12-11-15-7-5-6-10-17(15)13-24/h2-4,8-9,15,17H,5-7,10-14H2,1H3/t15-,17+/m1/s1. The lowest BCUT2D eigenvalue weighted by atomic mass is 9.75. The van der Waals surface area contributed by atoms with Gasteiger partial charge in [-0.15, -0.1) is 10.2 Å². The Kier molecular flexibility index (Phi) is 5.29. The predicted octanol–water partition coefficient (Wildman–Crippen LogP) is 3.61. The smallest absolute Gasteiger partial charge is 0.233 e. The molecule has 2 heterocycles. The first-order valence-electron chi connectivity index (χ1n) is 9.58. The molecule has 6 heteroatoms. The van der Waals surface area contributed by atoms with Crippen LogP contribution in [0.25, 0.3) is 11.4 Å². The van der Waals surface area contributed by atoms with Crippen LogP contribution in [0.3, 0.4) is 0 Å². The van der Waals surface area contributed by atoms with E-state index in [2.05, 4.69) is 15.1 Å². The molecule has 2 atom stereocenters. The van der Waals surface area contributed by atoms with Gasteiger partial charge >= 0.3 is 0 Å². The molecule has 0 radical (unpaired) electrons. The average molecular weight is 371 g/mol. The number of rotatable bonds is 4. The van der Waals surface area contributed by atoms with Crippen LogP contribution in [0.5, 0.6) is 0 Å². The van der Waals surface area contributed by atoms with Crippen LogP contribution in [-0.4, -0.2) is 44.4 Å². The van der Waals surface area contributed by atoms with Gasteiger partial charge in [-0.1, -0.05) is 61.4 Å². The van der Waals surface area contributed by atoms with Gasteiger partial charge in [-0.2, -0.15) is 0 Å². The number of carbonyl (C=O) groups excluding carboxylic acids is 1. The maximum atomic E-state index is 12.7. The molecule has 1 aromatic carbocycles. The Hall–Kier alpha value is -1.82. The first kappa shape index (κ1) is 17.6. The van der Waals surface area contributed by atoms with Crippen LogP contribution in [0.4, 0.5) is 0 Å².